The lowest BCUT2D eigenvalue weighted by Crippen LogP contribution is -2.49. The summed E-state index contributed by atoms with van der Waals surface area (Å²) in [7, 11) is 0. The molecule has 0 aliphatic carbocycles. The molecule has 0 bridgehead atoms. The lowest BCUT2D eigenvalue weighted by molar-refractivity contribution is -0.138. The molecule has 0 saturated heterocycles. The highest BCUT2D eigenvalue weighted by Crippen LogP contribution is 2.08. The summed E-state index contributed by atoms with van der Waals surface area (Å²) in [6, 6.07) is 0. The van der Waals surface area contributed by atoms with E-state index in [4.69, 9.17) is 30.6 Å². The summed E-state index contributed by atoms with van der Waals surface area (Å²) < 4.78 is 0. The highest BCUT2D eigenvalue weighted by molar-refractivity contribution is 5.33. The number of carbonyl (C=O) groups excluding carboxylic acids is 1. The van der Waals surface area contributed by atoms with Crippen LogP contribution in [0.3, 0.4) is 0 Å². The average Bonchev–Trinajstić information content (AvgIpc) is 2.25. The van der Waals surface area contributed by atoms with E-state index in [1.807, 2.05) is 0 Å². The average molecular weight is 223 g/mol. The van der Waals surface area contributed by atoms with Crippen LogP contribution < -0.4 is 0 Å². The molecular weight excluding hydrogens is 210 g/mol. The van der Waals surface area contributed by atoms with Crippen LogP contribution in [0.5, 0.6) is 0 Å². The van der Waals surface area contributed by atoms with Crippen LogP contribution in [0.25, 0.3) is 0 Å². The minimum absolute atomic E-state index is 0.835. The summed E-state index contributed by atoms with van der Waals surface area (Å²) in [5.74, 6) is 0. The number of aliphatic hydroxyl groups excluding tert-OH is 6. The summed E-state index contributed by atoms with van der Waals surface area (Å²) in [6.07, 6.45) is -8.50. The molecule has 0 aromatic heterocycles. The predicted molar refractivity (Wildman–Crippen MR) is 45.2 cm³/mol. The van der Waals surface area contributed by atoms with Crippen molar-refractivity contribution >= 4 is 6.08 Å². The van der Waals surface area contributed by atoms with Crippen molar-refractivity contribution in [2.75, 3.05) is 6.61 Å². The molecule has 5 atom stereocenters. The Morgan fingerprint density at radius 2 is 1.53 bits per heavy atom. The van der Waals surface area contributed by atoms with E-state index in [-0.39, 0.29) is 0 Å². The molecule has 8 heteroatoms. The fraction of sp³-hybridized carbons (Fsp3) is 0.857. The molecule has 88 valence electrons. The number of rotatable bonds is 6. The number of nitrogens with zero attached hydrogens (tertiary/aromatic N) is 1. The number of aliphatic imine (C=N–C) groups is 1. The zero-order valence-electron chi connectivity index (χ0n) is 7.63. The van der Waals surface area contributed by atoms with Crippen LogP contribution in [-0.2, 0) is 4.79 Å². The fourth-order valence-corrected chi connectivity index (χ4v) is 0.844. The second-order valence-corrected chi connectivity index (χ2v) is 2.86. The van der Waals surface area contributed by atoms with Crippen molar-refractivity contribution < 1.29 is 35.4 Å². The Hall–Kier alpha value is -0.860. The lowest BCUT2D eigenvalue weighted by atomic mass is 10.0. The fourth-order valence-electron chi connectivity index (χ4n) is 0.844. The van der Waals surface area contributed by atoms with E-state index in [0.717, 1.165) is 6.08 Å². The maximum Gasteiger partial charge on any atom is 0.237 e. The first-order valence-corrected chi connectivity index (χ1v) is 4.03. The second-order valence-electron chi connectivity index (χ2n) is 2.86. The molecule has 0 aliphatic heterocycles. The third kappa shape index (κ3) is 4.02. The van der Waals surface area contributed by atoms with E-state index in [0.29, 0.717) is 0 Å². The van der Waals surface area contributed by atoms with Crippen molar-refractivity contribution in [3.05, 3.63) is 0 Å². The van der Waals surface area contributed by atoms with Gasteiger partial charge in [-0.2, -0.15) is 4.99 Å². The Labute approximate surface area is 84.8 Å². The molecule has 0 spiro atoms. The van der Waals surface area contributed by atoms with Gasteiger partial charge in [-0.1, -0.05) is 0 Å². The smallest absolute Gasteiger partial charge is 0.237 e. The number of aliphatic hydroxyl groups is 6. The van der Waals surface area contributed by atoms with Crippen molar-refractivity contribution in [1.82, 2.24) is 0 Å². The van der Waals surface area contributed by atoms with Gasteiger partial charge in [0.15, 0.2) is 6.23 Å². The van der Waals surface area contributed by atoms with Gasteiger partial charge >= 0.3 is 0 Å². The van der Waals surface area contributed by atoms with Gasteiger partial charge in [-0.05, 0) is 0 Å². The van der Waals surface area contributed by atoms with Gasteiger partial charge in [-0.3, -0.25) is 0 Å². The number of hydrogen-bond donors (Lipinski definition) is 6. The molecular formula is C7H13NO7. The maximum absolute atomic E-state index is 9.71. The molecule has 0 radical (unpaired) electrons. The molecule has 6 N–H and O–H groups in total. The Morgan fingerprint density at radius 1 is 1.00 bits per heavy atom. The SMILES string of the molecule is O=C=NC(O)[C@H](O)[C@@H](O)[C@H](O)[C@H](O)CO. The Morgan fingerprint density at radius 3 is 1.93 bits per heavy atom. The minimum atomic E-state index is -1.97. The summed E-state index contributed by atoms with van der Waals surface area (Å²) in [6.45, 7) is -0.835. The third-order valence-corrected chi connectivity index (χ3v) is 1.77. The van der Waals surface area contributed by atoms with Gasteiger partial charge in [0, 0.05) is 0 Å². The summed E-state index contributed by atoms with van der Waals surface area (Å²) in [4.78, 5) is 12.4. The monoisotopic (exact) mass is 223 g/mol. The van der Waals surface area contributed by atoms with E-state index >= 15 is 0 Å². The molecule has 0 aromatic carbocycles. The maximum atomic E-state index is 9.71. The molecule has 0 saturated carbocycles. The van der Waals surface area contributed by atoms with Gasteiger partial charge in [0.05, 0.1) is 6.61 Å². The van der Waals surface area contributed by atoms with Crippen LogP contribution in [0.1, 0.15) is 0 Å². The van der Waals surface area contributed by atoms with Gasteiger partial charge in [-0.25, -0.2) is 4.79 Å². The summed E-state index contributed by atoms with van der Waals surface area (Å²) in [5, 5.41) is 53.6. The zero-order chi connectivity index (χ0) is 12.0. The number of isocyanates is 1. The van der Waals surface area contributed by atoms with Gasteiger partial charge < -0.3 is 30.6 Å². The normalized spacial score (nSPS) is 20.9. The Kier molecular flexibility index (Phi) is 6.21. The molecule has 0 rings (SSSR count). The van der Waals surface area contributed by atoms with E-state index in [9.17, 15) is 4.79 Å². The van der Waals surface area contributed by atoms with E-state index in [1.165, 1.54) is 0 Å². The Balaban J connectivity index is 4.41. The van der Waals surface area contributed by atoms with E-state index < -0.39 is 37.3 Å². The molecule has 0 fully saturated rings. The van der Waals surface area contributed by atoms with Crippen LogP contribution >= 0.6 is 0 Å². The first-order valence-electron chi connectivity index (χ1n) is 4.03. The molecule has 0 amide bonds. The van der Waals surface area contributed by atoms with Crippen LogP contribution in [0.15, 0.2) is 4.99 Å². The highest BCUT2D eigenvalue weighted by Gasteiger charge is 2.33. The van der Waals surface area contributed by atoms with Crippen molar-refractivity contribution in [1.29, 1.82) is 0 Å². The second kappa shape index (κ2) is 6.59. The topological polar surface area (TPSA) is 151 Å². The van der Waals surface area contributed by atoms with E-state index in [2.05, 4.69) is 4.99 Å². The van der Waals surface area contributed by atoms with Crippen molar-refractivity contribution in [2.45, 2.75) is 30.6 Å². The highest BCUT2D eigenvalue weighted by atomic mass is 16.4. The minimum Gasteiger partial charge on any atom is -0.394 e. The standard InChI is InChI=1S/C7H13NO7/c9-1-3(11)4(12)5(13)6(14)7(15)8-2-10/h3-7,9,11-15H,1H2/t3-,4-,5+,6-,7?/m1/s1. The van der Waals surface area contributed by atoms with Crippen LogP contribution in [0.4, 0.5) is 0 Å². The first-order chi connectivity index (χ1) is 6.95. The van der Waals surface area contributed by atoms with Gasteiger partial charge in [0.25, 0.3) is 0 Å². The van der Waals surface area contributed by atoms with Gasteiger partial charge in [0.1, 0.15) is 24.4 Å². The quantitative estimate of drug-likeness (QED) is 0.199. The number of hydrogen-bond acceptors (Lipinski definition) is 8. The largest absolute Gasteiger partial charge is 0.394 e. The molecule has 0 heterocycles. The van der Waals surface area contributed by atoms with Crippen molar-refractivity contribution in [3.8, 4) is 0 Å². The first kappa shape index (κ1) is 14.1. The molecule has 0 aromatic rings. The molecule has 8 nitrogen and oxygen atoms in total. The molecule has 15 heavy (non-hydrogen) atoms. The summed E-state index contributed by atoms with van der Waals surface area (Å²) >= 11 is 0. The zero-order valence-corrected chi connectivity index (χ0v) is 7.63. The van der Waals surface area contributed by atoms with Crippen molar-refractivity contribution in [3.63, 3.8) is 0 Å². The van der Waals surface area contributed by atoms with Gasteiger partial charge in [0.2, 0.25) is 6.08 Å². The predicted octanol–water partition coefficient (Wildman–Crippen LogP) is -3.92. The molecule has 1 unspecified atom stereocenters. The lowest BCUT2D eigenvalue weighted by Gasteiger charge is -2.26. The van der Waals surface area contributed by atoms with Gasteiger partial charge in [-0.15, -0.1) is 0 Å². The van der Waals surface area contributed by atoms with E-state index in [1.54, 1.807) is 0 Å². The van der Waals surface area contributed by atoms with Crippen LogP contribution in [0.2, 0.25) is 0 Å². The third-order valence-electron chi connectivity index (χ3n) is 1.77. The van der Waals surface area contributed by atoms with Crippen LogP contribution in [0, 0.1) is 0 Å². The van der Waals surface area contributed by atoms with Crippen molar-refractivity contribution in [2.24, 2.45) is 4.99 Å². The summed E-state index contributed by atoms with van der Waals surface area (Å²) in [5.41, 5.74) is 0. The molecule has 0 aliphatic rings. The Bertz CT molecular complexity index is 229. The van der Waals surface area contributed by atoms with Crippen LogP contribution in [-0.4, -0.2) is 74.0 Å².